The van der Waals surface area contributed by atoms with Gasteiger partial charge in [-0.3, -0.25) is 14.4 Å². The summed E-state index contributed by atoms with van der Waals surface area (Å²) in [6, 6.07) is 0. The molecule has 0 aliphatic carbocycles. The molecule has 0 aliphatic heterocycles. The molecule has 0 aromatic carbocycles. The Morgan fingerprint density at radius 1 is 0.706 bits per heavy atom. The van der Waals surface area contributed by atoms with Crippen LogP contribution < -0.4 is 16.0 Å². The van der Waals surface area contributed by atoms with Crippen molar-refractivity contribution < 1.29 is 23.3 Å². The predicted molar refractivity (Wildman–Crippen MR) is 230 cm³/mol. The van der Waals surface area contributed by atoms with E-state index in [0.717, 1.165) is 50.0 Å². The summed E-state index contributed by atoms with van der Waals surface area (Å²) in [6.45, 7) is 10.2. The molecule has 12 heteroatoms. The van der Waals surface area contributed by atoms with E-state index in [-0.39, 0.29) is 30.7 Å². The van der Waals surface area contributed by atoms with Crippen LogP contribution in [0.3, 0.4) is 0 Å². The largest absolute Gasteiger partial charge is 0.368 e. The summed E-state index contributed by atoms with van der Waals surface area (Å²) in [7, 11) is 3.80. The molecule has 0 radical (unpaired) electrons. The van der Waals surface area contributed by atoms with Crippen molar-refractivity contribution in [2.75, 3.05) is 63.1 Å². The van der Waals surface area contributed by atoms with E-state index in [9.17, 15) is 14.4 Å². The highest BCUT2D eigenvalue weighted by Crippen LogP contribution is 2.53. The first kappa shape index (κ1) is 49.4. The summed E-state index contributed by atoms with van der Waals surface area (Å²) in [6.07, 6.45) is 36.3. The smallest absolute Gasteiger partial charge is 0.249 e. The summed E-state index contributed by atoms with van der Waals surface area (Å²) in [5.74, 6) is 1.33. The van der Waals surface area contributed by atoms with Crippen molar-refractivity contribution in [3.8, 4) is 0 Å². The van der Waals surface area contributed by atoms with Crippen LogP contribution in [0, 0.1) is 5.41 Å². The topological polar surface area (TPSA) is 106 Å². The van der Waals surface area contributed by atoms with E-state index in [1.165, 1.54) is 12.8 Å². The van der Waals surface area contributed by atoms with Crippen LogP contribution >= 0.6 is 41.7 Å². The molecule has 0 aliphatic rings. The lowest BCUT2D eigenvalue weighted by Gasteiger charge is -2.37. The zero-order valence-corrected chi connectivity index (χ0v) is 35.8. The quantitative estimate of drug-likeness (QED) is 0.0353. The fourth-order valence-electron chi connectivity index (χ4n) is 4.26. The maximum atomic E-state index is 12.9. The molecule has 0 fully saturated rings. The van der Waals surface area contributed by atoms with Crippen LogP contribution in [0.5, 0.6) is 0 Å². The normalized spacial score (nSPS) is 13.6. The van der Waals surface area contributed by atoms with Crippen LogP contribution in [0.15, 0.2) is 60.8 Å². The second kappa shape index (κ2) is 33.0. The van der Waals surface area contributed by atoms with E-state index in [2.05, 4.69) is 96.1 Å². The van der Waals surface area contributed by atoms with E-state index >= 15 is 0 Å². The molecule has 0 aromatic heterocycles. The number of amides is 3. The second-order valence-electron chi connectivity index (χ2n) is 12.8. The number of nitrogens with one attached hydrogen (secondary N) is 3. The van der Waals surface area contributed by atoms with Gasteiger partial charge in [-0.1, -0.05) is 130 Å². The Labute approximate surface area is 324 Å². The number of hydrogen-bond donors (Lipinski definition) is 3. The Kier molecular flexibility index (Phi) is 32.0. The van der Waals surface area contributed by atoms with Crippen molar-refractivity contribution in [3.05, 3.63) is 60.8 Å². The van der Waals surface area contributed by atoms with E-state index in [1.807, 2.05) is 27.0 Å². The minimum Gasteiger partial charge on any atom is -0.368 e. The summed E-state index contributed by atoms with van der Waals surface area (Å²) in [5, 5.41) is 8.74. The average Bonchev–Trinajstić information content (AvgIpc) is 3.10. The highest BCUT2D eigenvalue weighted by molar-refractivity contribution is 8.91. The molecule has 0 spiro atoms. The molecule has 3 amide bonds. The number of allylic oxidation sites excluding steroid dienone is 10. The lowest BCUT2D eigenvalue weighted by molar-refractivity contribution is -0.142. The summed E-state index contributed by atoms with van der Waals surface area (Å²) >= 11 is 0. The molecule has 3 N–H and O–H groups in total. The van der Waals surface area contributed by atoms with Gasteiger partial charge in [-0.15, -0.1) is 0 Å². The molecule has 0 bridgehead atoms. The van der Waals surface area contributed by atoms with Crippen LogP contribution in [0.2, 0.25) is 0 Å². The van der Waals surface area contributed by atoms with Gasteiger partial charge in [0.2, 0.25) is 17.7 Å². The van der Waals surface area contributed by atoms with E-state index < -0.39 is 20.9 Å². The predicted octanol–water partition coefficient (Wildman–Crippen LogP) is 9.12. The molecule has 51 heavy (non-hydrogen) atoms. The Bertz CT molecular complexity index is 1080. The van der Waals surface area contributed by atoms with Crippen LogP contribution in [-0.2, 0) is 23.3 Å². The zero-order valence-electron chi connectivity index (χ0n) is 32.5. The van der Waals surface area contributed by atoms with E-state index in [4.69, 9.17) is 8.92 Å². The molecule has 294 valence electrons. The van der Waals surface area contributed by atoms with Gasteiger partial charge in [-0.25, -0.2) is 0 Å². The van der Waals surface area contributed by atoms with Gasteiger partial charge in [0.05, 0.1) is 6.61 Å². The van der Waals surface area contributed by atoms with Gasteiger partial charge in [0.15, 0.2) is 0 Å². The van der Waals surface area contributed by atoms with Crippen molar-refractivity contribution in [2.24, 2.45) is 5.41 Å². The maximum absolute atomic E-state index is 12.9. The van der Waals surface area contributed by atoms with Gasteiger partial charge in [0, 0.05) is 56.0 Å². The Balaban J connectivity index is 3.84. The van der Waals surface area contributed by atoms with Crippen LogP contribution in [-0.4, -0.2) is 86.9 Å². The molecule has 0 aromatic rings. The molecule has 0 heterocycles. The Hall–Kier alpha value is -1.57. The first-order chi connectivity index (χ1) is 24.5. The highest BCUT2D eigenvalue weighted by Gasteiger charge is 2.37. The van der Waals surface area contributed by atoms with Crippen molar-refractivity contribution in [1.82, 2.24) is 16.0 Å². The zero-order chi connectivity index (χ0) is 38.1. The third-order valence-electron chi connectivity index (χ3n) is 7.30. The number of unbranched alkanes of at least 4 members (excludes halogenated alkanes) is 2. The third-order valence-corrected chi connectivity index (χ3v) is 13.9. The summed E-state index contributed by atoms with van der Waals surface area (Å²) in [5.41, 5.74) is -0.517. The molecule has 0 rings (SSSR count). The summed E-state index contributed by atoms with van der Waals surface area (Å²) in [4.78, 5) is 37.2. The molecular weight excluding hydrogens is 719 g/mol. The molecule has 8 nitrogen and oxygen atoms in total. The maximum Gasteiger partial charge on any atom is 0.249 e. The molecule has 0 saturated heterocycles. The van der Waals surface area contributed by atoms with Gasteiger partial charge in [-0.2, -0.15) is 0 Å². The van der Waals surface area contributed by atoms with Gasteiger partial charge in [0.25, 0.3) is 0 Å². The van der Waals surface area contributed by atoms with Crippen molar-refractivity contribution >= 4 is 59.4 Å². The molecule has 1 unspecified atom stereocenters. The van der Waals surface area contributed by atoms with Gasteiger partial charge in [0.1, 0.15) is 6.10 Å². The van der Waals surface area contributed by atoms with E-state index in [1.54, 1.807) is 32.4 Å². The Morgan fingerprint density at radius 2 is 1.20 bits per heavy atom. The lowest BCUT2D eigenvalue weighted by Crippen LogP contribution is -2.48. The van der Waals surface area contributed by atoms with Crippen molar-refractivity contribution in [2.45, 2.75) is 98.0 Å². The fourth-order valence-corrected chi connectivity index (χ4v) is 7.19. The minimum absolute atomic E-state index is 0.0906. The number of carbonyl (C=O) groups is 3. The molecular formula is C39H69N3O5S4. The number of hydrogen-bond acceptors (Lipinski definition) is 8. The van der Waals surface area contributed by atoms with Gasteiger partial charge in [-0.05, 0) is 70.6 Å². The second-order valence-corrected chi connectivity index (χ2v) is 21.7. The summed E-state index contributed by atoms with van der Waals surface area (Å²) < 4.78 is 11.9. The van der Waals surface area contributed by atoms with Crippen molar-refractivity contribution in [1.29, 1.82) is 0 Å². The third kappa shape index (κ3) is 30.6. The first-order valence-corrected chi connectivity index (χ1v) is 24.9. The Morgan fingerprint density at radius 3 is 1.69 bits per heavy atom. The first-order valence-electron chi connectivity index (χ1n) is 18.3. The highest BCUT2D eigenvalue weighted by atomic mass is 33.2. The molecule has 0 saturated carbocycles. The van der Waals surface area contributed by atoms with Crippen LogP contribution in [0.4, 0.5) is 0 Å². The number of rotatable bonds is 32. The standard InChI is InChI=1S/C39H69N3O5S4/c1-8-10-11-12-13-14-15-16-17-18-19-20-21-22-23-24-25-26-27-35(43)40-30-32-49-50-33-31-41-36(44)28-29-42-38(45)37(46-9-2)39(3,4)34-47-51(6,7)48-5/h11-12,14-15,17-18,20-21,23-24,37H,8-10,13,16,19,22,25-34H2,1-7H3,(H,40,43)(H,41,44)(H,42,45). The number of ether oxygens (including phenoxy) is 1. The number of carbonyl (C=O) groups excluding carboxylic acids is 3. The SMILES string of the molecule is CCCC=CCC=CCC=CCC=CCC=CCCCC(=O)NCCSSCCNC(=O)CCNC(=O)C(OCC)C(C)(C)COS(C)(C)SC. The fraction of sp³-hybridized carbons (Fsp3) is 0.667. The van der Waals surface area contributed by atoms with Crippen molar-refractivity contribution in [3.63, 3.8) is 0 Å². The van der Waals surface area contributed by atoms with Crippen LogP contribution in [0.25, 0.3) is 0 Å². The van der Waals surface area contributed by atoms with Gasteiger partial charge >= 0.3 is 0 Å². The monoisotopic (exact) mass is 787 g/mol. The van der Waals surface area contributed by atoms with Gasteiger partial charge < -0.3 is 24.9 Å². The van der Waals surface area contributed by atoms with Crippen LogP contribution in [0.1, 0.15) is 91.9 Å². The lowest BCUT2D eigenvalue weighted by atomic mass is 9.86. The van der Waals surface area contributed by atoms with E-state index in [0.29, 0.717) is 32.7 Å². The minimum atomic E-state index is -1.24. The molecule has 1 atom stereocenters. The average molecular weight is 788 g/mol.